The Kier molecular flexibility index (Phi) is 2.99. The molecule has 2 aromatic rings. The maximum Gasteiger partial charge on any atom is 0.177 e. The number of hydrogen-bond donors (Lipinski definition) is 0. The first-order valence-corrected chi connectivity index (χ1v) is 6.54. The summed E-state index contributed by atoms with van der Waals surface area (Å²) in [7, 11) is 0. The van der Waals surface area contributed by atoms with E-state index in [9.17, 15) is 0 Å². The van der Waals surface area contributed by atoms with Crippen LogP contribution in [0.1, 0.15) is 31.9 Å². The van der Waals surface area contributed by atoms with Crippen molar-refractivity contribution in [2.24, 2.45) is 5.92 Å². The van der Waals surface area contributed by atoms with Crippen LogP contribution in [0.25, 0.3) is 11.2 Å². The van der Waals surface area contributed by atoms with E-state index in [1.54, 1.807) is 6.20 Å². The first-order valence-electron chi connectivity index (χ1n) is 6.54. The molecule has 3 rings (SSSR count). The van der Waals surface area contributed by atoms with Crippen molar-refractivity contribution < 1.29 is 4.74 Å². The summed E-state index contributed by atoms with van der Waals surface area (Å²) < 4.78 is 7.16. The second-order valence-electron chi connectivity index (χ2n) is 5.04. The predicted molar refractivity (Wildman–Crippen MR) is 68.3 cm³/mol. The van der Waals surface area contributed by atoms with Gasteiger partial charge < -0.3 is 4.74 Å². The zero-order chi connectivity index (χ0) is 12.5. The van der Waals surface area contributed by atoms with E-state index < -0.39 is 0 Å². The van der Waals surface area contributed by atoms with Crippen molar-refractivity contribution >= 4 is 11.2 Å². The molecule has 18 heavy (non-hydrogen) atoms. The van der Waals surface area contributed by atoms with Crippen LogP contribution in [0.15, 0.2) is 12.4 Å². The van der Waals surface area contributed by atoms with Gasteiger partial charge in [0, 0.05) is 12.1 Å². The van der Waals surface area contributed by atoms with Gasteiger partial charge in [0.1, 0.15) is 5.52 Å². The summed E-state index contributed by atoms with van der Waals surface area (Å²) >= 11 is 0. The molecule has 1 unspecified atom stereocenters. The zero-order valence-corrected chi connectivity index (χ0v) is 10.8. The maximum atomic E-state index is 5.20. The summed E-state index contributed by atoms with van der Waals surface area (Å²) in [6.45, 7) is 6.89. The number of ether oxygens (including phenoxy) is 1. The number of hydrogen-bond acceptors (Lipinski definition) is 4. The highest BCUT2D eigenvalue weighted by Crippen LogP contribution is 2.20. The fourth-order valence-corrected chi connectivity index (χ4v) is 2.08. The Hall–Kier alpha value is -1.49. The second-order valence-corrected chi connectivity index (χ2v) is 5.04. The van der Waals surface area contributed by atoms with E-state index in [0.29, 0.717) is 11.8 Å². The zero-order valence-electron chi connectivity index (χ0n) is 10.8. The minimum atomic E-state index is 0.442. The first-order chi connectivity index (χ1) is 8.78. The van der Waals surface area contributed by atoms with Crippen LogP contribution in [0.3, 0.4) is 0 Å². The Balaban J connectivity index is 1.93. The second kappa shape index (κ2) is 4.65. The van der Waals surface area contributed by atoms with Gasteiger partial charge in [-0.05, 0) is 12.3 Å². The predicted octanol–water partition coefficient (Wildman–Crippen LogP) is 1.99. The van der Waals surface area contributed by atoms with Crippen LogP contribution in [0.4, 0.5) is 0 Å². The van der Waals surface area contributed by atoms with Crippen LogP contribution in [-0.4, -0.2) is 33.0 Å². The monoisotopic (exact) mass is 246 g/mol. The van der Waals surface area contributed by atoms with E-state index in [2.05, 4.69) is 23.9 Å². The fraction of sp³-hybridized carbons (Fsp3) is 0.615. The van der Waals surface area contributed by atoms with E-state index in [4.69, 9.17) is 9.72 Å². The lowest BCUT2D eigenvalue weighted by molar-refractivity contribution is -0.0403. The van der Waals surface area contributed by atoms with Gasteiger partial charge in [0.15, 0.2) is 5.65 Å². The summed E-state index contributed by atoms with van der Waals surface area (Å²) in [6, 6.07) is 0. The third kappa shape index (κ3) is 1.99. The molecule has 0 spiro atoms. The highest BCUT2D eigenvalue weighted by atomic mass is 16.5. The van der Waals surface area contributed by atoms with Gasteiger partial charge in [0.05, 0.1) is 31.6 Å². The van der Waals surface area contributed by atoms with Crippen LogP contribution in [-0.2, 0) is 11.3 Å². The molecule has 0 N–H and O–H groups in total. The van der Waals surface area contributed by atoms with Crippen molar-refractivity contribution in [1.82, 2.24) is 19.7 Å². The van der Waals surface area contributed by atoms with E-state index in [1.807, 2.05) is 10.9 Å². The summed E-state index contributed by atoms with van der Waals surface area (Å²) in [6.07, 6.45) is 4.74. The molecule has 3 heterocycles. The summed E-state index contributed by atoms with van der Waals surface area (Å²) in [5.74, 6) is 1.01. The van der Waals surface area contributed by atoms with Gasteiger partial charge in [-0.3, -0.25) is 0 Å². The molecular weight excluding hydrogens is 228 g/mol. The largest absolute Gasteiger partial charge is 0.381 e. The van der Waals surface area contributed by atoms with Gasteiger partial charge in [-0.2, -0.15) is 5.10 Å². The average molecular weight is 246 g/mol. The van der Waals surface area contributed by atoms with Gasteiger partial charge in [0.25, 0.3) is 0 Å². The standard InChI is InChI=1S/C13H18N4O/c1-3-9(2)11-4-14-12-5-15-17(13(12)16-11)6-10-7-18-8-10/h4-5,9-10H,3,6-8H2,1-2H3. The molecule has 0 saturated carbocycles. The van der Waals surface area contributed by atoms with Crippen LogP contribution >= 0.6 is 0 Å². The van der Waals surface area contributed by atoms with Crippen LogP contribution in [0.2, 0.25) is 0 Å². The number of fused-ring (bicyclic) bond motifs is 1. The van der Waals surface area contributed by atoms with Crippen molar-refractivity contribution in [1.29, 1.82) is 0 Å². The van der Waals surface area contributed by atoms with Gasteiger partial charge in [-0.25, -0.2) is 14.6 Å². The molecule has 1 aliphatic heterocycles. The lowest BCUT2D eigenvalue weighted by Crippen LogP contribution is -2.31. The Morgan fingerprint density at radius 2 is 2.28 bits per heavy atom. The molecule has 0 aromatic carbocycles. The number of rotatable bonds is 4. The van der Waals surface area contributed by atoms with Crippen LogP contribution < -0.4 is 0 Å². The van der Waals surface area contributed by atoms with Crippen LogP contribution in [0, 0.1) is 5.92 Å². The summed E-state index contributed by atoms with van der Waals surface area (Å²) in [5.41, 5.74) is 2.83. The lowest BCUT2D eigenvalue weighted by atomic mass is 10.1. The Labute approximate surface area is 106 Å². The molecule has 1 aliphatic rings. The topological polar surface area (TPSA) is 52.8 Å². The van der Waals surface area contributed by atoms with Crippen molar-refractivity contribution in [2.75, 3.05) is 13.2 Å². The SMILES string of the molecule is CCC(C)c1cnc2cnn(CC3COC3)c2n1. The third-order valence-electron chi connectivity index (χ3n) is 3.62. The third-order valence-corrected chi connectivity index (χ3v) is 3.62. The van der Waals surface area contributed by atoms with Crippen molar-refractivity contribution in [2.45, 2.75) is 32.7 Å². The smallest absolute Gasteiger partial charge is 0.177 e. The van der Waals surface area contributed by atoms with Gasteiger partial charge in [-0.1, -0.05) is 13.8 Å². The number of nitrogens with zero attached hydrogens (tertiary/aromatic N) is 4. The van der Waals surface area contributed by atoms with Gasteiger partial charge in [0.2, 0.25) is 0 Å². The Morgan fingerprint density at radius 1 is 1.44 bits per heavy atom. The molecule has 0 aliphatic carbocycles. The number of aromatic nitrogens is 4. The van der Waals surface area contributed by atoms with Crippen LogP contribution in [0.5, 0.6) is 0 Å². The molecule has 0 radical (unpaired) electrons. The summed E-state index contributed by atoms with van der Waals surface area (Å²) in [4.78, 5) is 9.16. The van der Waals surface area contributed by atoms with E-state index in [-0.39, 0.29) is 0 Å². The minimum Gasteiger partial charge on any atom is -0.381 e. The molecule has 1 atom stereocenters. The summed E-state index contributed by atoms with van der Waals surface area (Å²) in [5, 5.41) is 4.38. The van der Waals surface area contributed by atoms with Crippen molar-refractivity contribution in [3.63, 3.8) is 0 Å². The van der Waals surface area contributed by atoms with Crippen molar-refractivity contribution in [3.05, 3.63) is 18.1 Å². The fourth-order valence-electron chi connectivity index (χ4n) is 2.08. The lowest BCUT2D eigenvalue weighted by Gasteiger charge is -2.25. The van der Waals surface area contributed by atoms with Gasteiger partial charge >= 0.3 is 0 Å². The van der Waals surface area contributed by atoms with E-state index in [1.165, 1.54) is 0 Å². The molecule has 0 amide bonds. The Morgan fingerprint density at radius 3 is 2.94 bits per heavy atom. The van der Waals surface area contributed by atoms with E-state index >= 15 is 0 Å². The molecule has 5 heteroatoms. The molecule has 1 saturated heterocycles. The van der Waals surface area contributed by atoms with Gasteiger partial charge in [-0.15, -0.1) is 0 Å². The Bertz CT molecular complexity index is 547. The quantitative estimate of drug-likeness (QED) is 0.827. The molecule has 0 bridgehead atoms. The normalized spacial score (nSPS) is 17.9. The highest BCUT2D eigenvalue weighted by Gasteiger charge is 2.20. The molecule has 5 nitrogen and oxygen atoms in total. The van der Waals surface area contributed by atoms with Crippen molar-refractivity contribution in [3.8, 4) is 0 Å². The first kappa shape index (κ1) is 11.6. The molecule has 1 fully saturated rings. The molecule has 96 valence electrons. The maximum absolute atomic E-state index is 5.20. The van der Waals surface area contributed by atoms with E-state index in [0.717, 1.165) is 43.0 Å². The molecule has 2 aromatic heterocycles. The highest BCUT2D eigenvalue weighted by molar-refractivity contribution is 5.69. The molecular formula is C13H18N4O. The minimum absolute atomic E-state index is 0.442. The average Bonchev–Trinajstić information content (AvgIpc) is 2.75.